The van der Waals surface area contributed by atoms with Gasteiger partial charge in [0.1, 0.15) is 5.56 Å². The molecule has 0 amide bonds. The van der Waals surface area contributed by atoms with E-state index in [2.05, 4.69) is 15.5 Å². The summed E-state index contributed by atoms with van der Waals surface area (Å²) in [6.45, 7) is 4.10. The third kappa shape index (κ3) is 3.88. The van der Waals surface area contributed by atoms with E-state index in [1.165, 1.54) is 7.11 Å². The van der Waals surface area contributed by atoms with Gasteiger partial charge >= 0.3 is 5.97 Å². The van der Waals surface area contributed by atoms with E-state index in [0.29, 0.717) is 24.1 Å². The van der Waals surface area contributed by atoms with E-state index in [1.807, 2.05) is 13.8 Å². The van der Waals surface area contributed by atoms with Crippen molar-refractivity contribution in [3.8, 4) is 0 Å². The lowest BCUT2D eigenvalue weighted by Gasteiger charge is -2.15. The monoisotopic (exact) mass is 283 g/mol. The molecule has 0 aliphatic heterocycles. The number of carboxylic acids is 1. The third-order valence-corrected chi connectivity index (χ3v) is 2.92. The fraction of sp³-hybridized carbons (Fsp3) is 0.615. The Morgan fingerprint density at radius 1 is 1.35 bits per heavy atom. The molecule has 7 nitrogen and oxygen atoms in total. The van der Waals surface area contributed by atoms with Crippen molar-refractivity contribution < 1.29 is 19.7 Å². The zero-order chi connectivity index (χ0) is 15.1. The number of aryl methyl sites for hydroxylation is 1. The molecule has 0 fully saturated rings. The first kappa shape index (κ1) is 16.3. The number of methoxy groups -OCH3 is 1. The molecule has 0 spiro atoms. The Morgan fingerprint density at radius 3 is 2.55 bits per heavy atom. The highest BCUT2D eigenvalue weighted by Gasteiger charge is 2.20. The number of hydrogen-bond donors (Lipinski definition) is 3. The fourth-order valence-electron chi connectivity index (χ4n) is 1.99. The molecule has 3 N–H and O–H groups in total. The first-order valence-electron chi connectivity index (χ1n) is 6.57. The Hall–Kier alpha value is -1.73. The van der Waals surface area contributed by atoms with Crippen LogP contribution in [0.15, 0.2) is 0 Å². The summed E-state index contributed by atoms with van der Waals surface area (Å²) in [5.74, 6) is -0.864. The highest BCUT2D eigenvalue weighted by atomic mass is 16.5. The van der Waals surface area contributed by atoms with E-state index >= 15 is 0 Å². The van der Waals surface area contributed by atoms with Gasteiger partial charge in [-0.05, 0) is 18.4 Å². The quantitative estimate of drug-likeness (QED) is 0.645. The molecule has 0 saturated heterocycles. The van der Waals surface area contributed by atoms with Crippen molar-refractivity contribution in [1.29, 1.82) is 0 Å². The first-order chi connectivity index (χ1) is 9.54. The van der Waals surface area contributed by atoms with Gasteiger partial charge in [0.2, 0.25) is 0 Å². The summed E-state index contributed by atoms with van der Waals surface area (Å²) in [5, 5.41) is 29.7. The summed E-state index contributed by atoms with van der Waals surface area (Å²) in [4.78, 5) is 11.4. The largest absolute Gasteiger partial charge is 0.478 e. The van der Waals surface area contributed by atoms with Crippen molar-refractivity contribution in [2.75, 3.05) is 25.6 Å². The maximum absolute atomic E-state index is 11.4. The molecule has 0 aliphatic rings. The lowest BCUT2D eigenvalue weighted by Crippen LogP contribution is -2.26. The van der Waals surface area contributed by atoms with Crippen LogP contribution >= 0.6 is 0 Å². The number of nitrogens with one attached hydrogen (secondary N) is 1. The summed E-state index contributed by atoms with van der Waals surface area (Å²) in [6.07, 6.45) is 0.456. The van der Waals surface area contributed by atoms with Gasteiger partial charge < -0.3 is 20.3 Å². The second kappa shape index (κ2) is 7.76. The van der Waals surface area contributed by atoms with E-state index in [0.717, 1.165) is 0 Å². The minimum atomic E-state index is -1.05. The molecule has 0 saturated carbocycles. The van der Waals surface area contributed by atoms with Gasteiger partial charge in [-0.3, -0.25) is 0 Å². The van der Waals surface area contributed by atoms with Crippen molar-refractivity contribution >= 4 is 11.8 Å². The predicted octanol–water partition coefficient (Wildman–Crippen LogP) is 0.719. The van der Waals surface area contributed by atoms with Crippen LogP contribution in [0.4, 0.5) is 5.82 Å². The second-order valence-corrected chi connectivity index (χ2v) is 4.35. The van der Waals surface area contributed by atoms with E-state index in [9.17, 15) is 15.0 Å². The number of aromatic carboxylic acids is 1. The molecule has 1 atom stereocenters. The lowest BCUT2D eigenvalue weighted by molar-refractivity contribution is 0.0691. The first-order valence-corrected chi connectivity index (χ1v) is 6.57. The smallest absolute Gasteiger partial charge is 0.339 e. The molecule has 0 radical (unpaired) electrons. The normalized spacial score (nSPS) is 12.2. The molecule has 1 aromatic heterocycles. The number of aliphatic hydroxyl groups excluding tert-OH is 1. The standard InChI is InChI=1S/C13H21N3O4/c1-4-9-10(5-2)15-16-12(11(9)13(18)19)14-6-8(17)7-20-3/h8,17H,4-7H2,1-3H3,(H,14,16)(H,18,19). The molecule has 0 aromatic carbocycles. The number of anilines is 1. The number of carbonyl (C=O) groups is 1. The van der Waals surface area contributed by atoms with Gasteiger partial charge in [0, 0.05) is 13.7 Å². The summed E-state index contributed by atoms with van der Waals surface area (Å²) in [7, 11) is 1.48. The van der Waals surface area contributed by atoms with Crippen molar-refractivity contribution in [1.82, 2.24) is 10.2 Å². The molecule has 1 rings (SSSR count). The second-order valence-electron chi connectivity index (χ2n) is 4.35. The topological polar surface area (TPSA) is 105 Å². The fourth-order valence-corrected chi connectivity index (χ4v) is 1.99. The molecule has 20 heavy (non-hydrogen) atoms. The number of aromatic nitrogens is 2. The Balaban J connectivity index is 3.04. The maximum atomic E-state index is 11.4. The van der Waals surface area contributed by atoms with Crippen LogP contribution in [0, 0.1) is 0 Å². The Bertz CT molecular complexity index is 465. The number of ether oxygens (including phenoxy) is 1. The van der Waals surface area contributed by atoms with E-state index in [1.54, 1.807) is 0 Å². The van der Waals surface area contributed by atoms with Gasteiger partial charge in [0.15, 0.2) is 5.82 Å². The zero-order valence-electron chi connectivity index (χ0n) is 12.0. The summed E-state index contributed by atoms with van der Waals surface area (Å²) in [6, 6.07) is 0. The molecule has 1 heterocycles. The van der Waals surface area contributed by atoms with Crippen LogP contribution < -0.4 is 5.32 Å². The van der Waals surface area contributed by atoms with Gasteiger partial charge in [-0.15, -0.1) is 5.10 Å². The van der Waals surface area contributed by atoms with Gasteiger partial charge in [0.05, 0.1) is 18.4 Å². The molecular weight excluding hydrogens is 262 g/mol. The summed E-state index contributed by atoms with van der Waals surface area (Å²) < 4.78 is 4.81. The Morgan fingerprint density at radius 2 is 2.05 bits per heavy atom. The highest BCUT2D eigenvalue weighted by Crippen LogP contribution is 2.20. The van der Waals surface area contributed by atoms with Crippen LogP contribution in [0.25, 0.3) is 0 Å². The van der Waals surface area contributed by atoms with Gasteiger partial charge in [-0.2, -0.15) is 5.10 Å². The molecule has 1 unspecified atom stereocenters. The molecule has 7 heteroatoms. The highest BCUT2D eigenvalue weighted by molar-refractivity contribution is 5.95. The predicted molar refractivity (Wildman–Crippen MR) is 74.1 cm³/mol. The average molecular weight is 283 g/mol. The number of hydrogen-bond acceptors (Lipinski definition) is 6. The van der Waals surface area contributed by atoms with E-state index in [4.69, 9.17) is 4.74 Å². The van der Waals surface area contributed by atoms with Crippen LogP contribution in [0.5, 0.6) is 0 Å². The number of carboxylic acid groups (broad SMARTS) is 1. The molecule has 0 bridgehead atoms. The number of rotatable bonds is 8. The SMILES string of the molecule is CCc1nnc(NCC(O)COC)c(C(=O)O)c1CC. The van der Waals surface area contributed by atoms with Crippen molar-refractivity contribution in [2.24, 2.45) is 0 Å². The molecule has 0 aliphatic carbocycles. The van der Waals surface area contributed by atoms with Crippen LogP contribution in [-0.4, -0.2) is 52.7 Å². The average Bonchev–Trinajstić information content (AvgIpc) is 2.43. The van der Waals surface area contributed by atoms with Crippen LogP contribution in [0.2, 0.25) is 0 Å². The van der Waals surface area contributed by atoms with Gasteiger partial charge in [-0.25, -0.2) is 4.79 Å². The zero-order valence-corrected chi connectivity index (χ0v) is 12.0. The van der Waals surface area contributed by atoms with Crippen molar-refractivity contribution in [3.05, 3.63) is 16.8 Å². The summed E-state index contributed by atoms with van der Waals surface area (Å²) in [5.41, 5.74) is 1.50. The molecular formula is C13H21N3O4. The number of aliphatic hydroxyl groups is 1. The lowest BCUT2D eigenvalue weighted by atomic mass is 10.0. The van der Waals surface area contributed by atoms with Crippen molar-refractivity contribution in [3.63, 3.8) is 0 Å². The Kier molecular flexibility index (Phi) is 6.33. The third-order valence-electron chi connectivity index (χ3n) is 2.92. The van der Waals surface area contributed by atoms with E-state index in [-0.39, 0.29) is 24.5 Å². The van der Waals surface area contributed by atoms with Crippen LogP contribution in [0.3, 0.4) is 0 Å². The van der Waals surface area contributed by atoms with E-state index < -0.39 is 12.1 Å². The molecule has 1 aromatic rings. The minimum absolute atomic E-state index is 0.129. The molecule has 112 valence electrons. The van der Waals surface area contributed by atoms with Gasteiger partial charge in [-0.1, -0.05) is 13.8 Å². The van der Waals surface area contributed by atoms with Crippen molar-refractivity contribution in [2.45, 2.75) is 32.8 Å². The van der Waals surface area contributed by atoms with Crippen LogP contribution in [0.1, 0.15) is 35.5 Å². The minimum Gasteiger partial charge on any atom is -0.478 e. The number of nitrogens with zero attached hydrogens (tertiary/aromatic N) is 2. The van der Waals surface area contributed by atoms with Crippen LogP contribution in [-0.2, 0) is 17.6 Å². The van der Waals surface area contributed by atoms with Gasteiger partial charge in [0.25, 0.3) is 0 Å². The summed E-state index contributed by atoms with van der Waals surface area (Å²) >= 11 is 0. The Labute approximate surface area is 118 Å². The maximum Gasteiger partial charge on any atom is 0.339 e.